The largest absolute Gasteiger partial charge is 0.358 e. The number of para-hydroxylation sites is 1. The Hall–Kier alpha value is -1.32. The molecule has 1 aromatic heterocycles. The number of aromatic nitrogens is 1. The molecule has 0 bridgehead atoms. The second kappa shape index (κ2) is 6.20. The number of likely N-dealkylation sites (tertiary alicyclic amines) is 1. The van der Waals surface area contributed by atoms with Gasteiger partial charge in [-0.2, -0.15) is 0 Å². The quantitative estimate of drug-likeness (QED) is 0.904. The number of H-pyrrole nitrogens is 1. The second-order valence-electron chi connectivity index (χ2n) is 6.43. The van der Waals surface area contributed by atoms with Gasteiger partial charge in [-0.1, -0.05) is 31.5 Å². The van der Waals surface area contributed by atoms with Crippen molar-refractivity contribution >= 4 is 10.9 Å². The highest BCUT2D eigenvalue weighted by Crippen LogP contribution is 2.29. The van der Waals surface area contributed by atoms with E-state index in [0.717, 1.165) is 19.0 Å². The van der Waals surface area contributed by atoms with E-state index in [0.29, 0.717) is 6.04 Å². The normalized spacial score (nSPS) is 23.8. The number of hydrogen-bond acceptors (Lipinski definition) is 2. The molecule has 0 saturated carbocycles. The summed E-state index contributed by atoms with van der Waals surface area (Å²) in [6, 6.07) is 9.15. The molecule has 21 heavy (non-hydrogen) atoms. The van der Waals surface area contributed by atoms with Crippen molar-refractivity contribution in [2.24, 2.45) is 11.7 Å². The van der Waals surface area contributed by atoms with Crippen LogP contribution in [0.3, 0.4) is 0 Å². The van der Waals surface area contributed by atoms with E-state index in [2.05, 4.69) is 48.0 Å². The third kappa shape index (κ3) is 2.85. The van der Waals surface area contributed by atoms with E-state index in [1.54, 1.807) is 0 Å². The van der Waals surface area contributed by atoms with Crippen LogP contribution in [0.15, 0.2) is 24.3 Å². The summed E-state index contributed by atoms with van der Waals surface area (Å²) in [4.78, 5) is 6.10. The molecule has 1 aliphatic rings. The standard InChI is InChI=1S/C18H27N3/c1-3-14-8-9-21(15(10-14)11-19)12-17-13(2)20-18-7-5-4-6-16(17)18/h4-7,14-15,20H,3,8-12,19H2,1-2H3. The van der Waals surface area contributed by atoms with Gasteiger partial charge in [0.25, 0.3) is 0 Å². The van der Waals surface area contributed by atoms with Crippen LogP contribution in [0.5, 0.6) is 0 Å². The molecule has 0 spiro atoms. The van der Waals surface area contributed by atoms with E-state index < -0.39 is 0 Å². The number of rotatable bonds is 4. The van der Waals surface area contributed by atoms with Gasteiger partial charge < -0.3 is 10.7 Å². The highest BCUT2D eigenvalue weighted by atomic mass is 15.2. The Bertz CT molecular complexity index is 602. The van der Waals surface area contributed by atoms with Crippen LogP contribution in [0.1, 0.15) is 37.4 Å². The zero-order chi connectivity index (χ0) is 14.8. The molecule has 2 unspecified atom stereocenters. The summed E-state index contributed by atoms with van der Waals surface area (Å²) >= 11 is 0. The monoisotopic (exact) mass is 285 g/mol. The van der Waals surface area contributed by atoms with E-state index in [4.69, 9.17) is 5.73 Å². The molecule has 1 aromatic carbocycles. The van der Waals surface area contributed by atoms with Crippen LogP contribution in [0.4, 0.5) is 0 Å². The molecular weight excluding hydrogens is 258 g/mol. The maximum atomic E-state index is 6.04. The Kier molecular flexibility index (Phi) is 4.32. The van der Waals surface area contributed by atoms with Gasteiger partial charge in [-0.3, -0.25) is 4.90 Å². The molecule has 114 valence electrons. The predicted molar refractivity (Wildman–Crippen MR) is 89.3 cm³/mol. The Labute approximate surface area is 127 Å². The van der Waals surface area contributed by atoms with Crippen molar-refractivity contribution in [2.75, 3.05) is 13.1 Å². The minimum Gasteiger partial charge on any atom is -0.358 e. The van der Waals surface area contributed by atoms with Gasteiger partial charge in [0.1, 0.15) is 0 Å². The SMILES string of the molecule is CCC1CCN(Cc2c(C)[nH]c3ccccc23)C(CN)C1. The number of fused-ring (bicyclic) bond motifs is 1. The van der Waals surface area contributed by atoms with Crippen molar-refractivity contribution in [2.45, 2.75) is 45.7 Å². The molecule has 1 aliphatic heterocycles. The highest BCUT2D eigenvalue weighted by Gasteiger charge is 2.27. The summed E-state index contributed by atoms with van der Waals surface area (Å²) in [7, 11) is 0. The van der Waals surface area contributed by atoms with Crippen molar-refractivity contribution in [3.8, 4) is 0 Å². The summed E-state index contributed by atoms with van der Waals surface area (Å²) in [5.74, 6) is 0.860. The first-order valence-corrected chi connectivity index (χ1v) is 8.23. The maximum Gasteiger partial charge on any atom is 0.0459 e. The maximum absolute atomic E-state index is 6.04. The van der Waals surface area contributed by atoms with E-state index in [9.17, 15) is 0 Å². The average Bonchev–Trinajstić information content (AvgIpc) is 2.83. The highest BCUT2D eigenvalue weighted by molar-refractivity contribution is 5.84. The molecule has 3 heteroatoms. The van der Waals surface area contributed by atoms with E-state index in [-0.39, 0.29) is 0 Å². The summed E-state index contributed by atoms with van der Waals surface area (Å²) in [6.07, 6.45) is 3.86. The molecular formula is C18H27N3. The summed E-state index contributed by atoms with van der Waals surface area (Å²) in [5, 5.41) is 1.36. The Morgan fingerprint density at radius 2 is 2.14 bits per heavy atom. The number of piperidine rings is 1. The fourth-order valence-electron chi connectivity index (χ4n) is 3.75. The number of hydrogen-bond donors (Lipinski definition) is 2. The Balaban J connectivity index is 1.83. The molecule has 3 rings (SSSR count). The molecule has 0 amide bonds. The molecule has 0 aliphatic carbocycles. The molecule has 3 N–H and O–H groups in total. The number of nitrogens with one attached hydrogen (secondary N) is 1. The van der Waals surface area contributed by atoms with Crippen LogP contribution in [-0.4, -0.2) is 29.0 Å². The van der Waals surface area contributed by atoms with Crippen LogP contribution in [0.2, 0.25) is 0 Å². The first kappa shape index (κ1) is 14.6. The first-order valence-electron chi connectivity index (χ1n) is 8.23. The van der Waals surface area contributed by atoms with Crippen molar-refractivity contribution in [1.29, 1.82) is 0 Å². The van der Waals surface area contributed by atoms with Crippen LogP contribution in [0, 0.1) is 12.8 Å². The molecule has 1 saturated heterocycles. The molecule has 2 aromatic rings. The van der Waals surface area contributed by atoms with Gasteiger partial charge in [0.05, 0.1) is 0 Å². The minimum absolute atomic E-state index is 0.539. The topological polar surface area (TPSA) is 45.0 Å². The van der Waals surface area contributed by atoms with E-state index in [1.165, 1.54) is 48.0 Å². The smallest absolute Gasteiger partial charge is 0.0459 e. The fraction of sp³-hybridized carbons (Fsp3) is 0.556. The minimum atomic E-state index is 0.539. The molecule has 0 radical (unpaired) electrons. The average molecular weight is 285 g/mol. The van der Waals surface area contributed by atoms with Crippen molar-refractivity contribution < 1.29 is 0 Å². The lowest BCUT2D eigenvalue weighted by atomic mass is 9.88. The fourth-order valence-corrected chi connectivity index (χ4v) is 3.75. The number of benzene rings is 1. The van der Waals surface area contributed by atoms with Gasteiger partial charge in [-0.05, 0) is 43.9 Å². The van der Waals surface area contributed by atoms with Crippen molar-refractivity contribution in [3.05, 3.63) is 35.5 Å². The van der Waals surface area contributed by atoms with Gasteiger partial charge in [0.15, 0.2) is 0 Å². The Morgan fingerprint density at radius 3 is 2.90 bits per heavy atom. The number of nitrogens with zero attached hydrogens (tertiary/aromatic N) is 1. The molecule has 3 nitrogen and oxygen atoms in total. The van der Waals surface area contributed by atoms with Crippen LogP contribution < -0.4 is 5.73 Å². The van der Waals surface area contributed by atoms with Crippen LogP contribution in [-0.2, 0) is 6.54 Å². The van der Waals surface area contributed by atoms with Gasteiger partial charge in [-0.25, -0.2) is 0 Å². The zero-order valence-electron chi connectivity index (χ0n) is 13.2. The van der Waals surface area contributed by atoms with Crippen molar-refractivity contribution in [1.82, 2.24) is 9.88 Å². The summed E-state index contributed by atoms with van der Waals surface area (Å²) in [6.45, 7) is 7.47. The predicted octanol–water partition coefficient (Wildman–Crippen LogP) is 3.43. The first-order chi connectivity index (χ1) is 10.2. The number of aromatic amines is 1. The number of nitrogens with two attached hydrogens (primary N) is 1. The zero-order valence-corrected chi connectivity index (χ0v) is 13.2. The van der Waals surface area contributed by atoms with E-state index >= 15 is 0 Å². The van der Waals surface area contributed by atoms with Crippen LogP contribution in [0.25, 0.3) is 10.9 Å². The lowest BCUT2D eigenvalue weighted by Crippen LogP contribution is -2.46. The van der Waals surface area contributed by atoms with E-state index in [1.807, 2.05) is 0 Å². The molecule has 2 heterocycles. The second-order valence-corrected chi connectivity index (χ2v) is 6.43. The number of aryl methyl sites for hydroxylation is 1. The van der Waals surface area contributed by atoms with Crippen LogP contribution >= 0.6 is 0 Å². The van der Waals surface area contributed by atoms with Gasteiger partial charge in [0, 0.05) is 35.7 Å². The lowest BCUT2D eigenvalue weighted by molar-refractivity contribution is 0.108. The third-order valence-electron chi connectivity index (χ3n) is 5.18. The van der Waals surface area contributed by atoms with Gasteiger partial charge >= 0.3 is 0 Å². The molecule has 2 atom stereocenters. The Morgan fingerprint density at radius 1 is 1.33 bits per heavy atom. The van der Waals surface area contributed by atoms with Crippen molar-refractivity contribution in [3.63, 3.8) is 0 Å². The van der Waals surface area contributed by atoms with Gasteiger partial charge in [-0.15, -0.1) is 0 Å². The summed E-state index contributed by atoms with van der Waals surface area (Å²) in [5.41, 5.74) is 10.0. The van der Waals surface area contributed by atoms with Gasteiger partial charge in [0.2, 0.25) is 0 Å². The lowest BCUT2D eigenvalue weighted by Gasteiger charge is -2.39. The molecule has 1 fully saturated rings. The third-order valence-corrected chi connectivity index (χ3v) is 5.18. The summed E-state index contributed by atoms with van der Waals surface area (Å²) < 4.78 is 0.